The molecule has 0 aromatic carbocycles. The second-order valence-corrected chi connectivity index (χ2v) is 7.96. The summed E-state index contributed by atoms with van der Waals surface area (Å²) in [7, 11) is 1.96. The topological polar surface area (TPSA) is 54.3 Å². The predicted molar refractivity (Wildman–Crippen MR) is 88.9 cm³/mol. The number of hydrogen-bond acceptors (Lipinski definition) is 4. The lowest BCUT2D eigenvalue weighted by Crippen LogP contribution is -2.48. The molecule has 0 radical (unpaired) electrons. The molecule has 3 heterocycles. The molecule has 1 saturated heterocycles. The van der Waals surface area contributed by atoms with E-state index < -0.39 is 0 Å². The third-order valence-corrected chi connectivity index (χ3v) is 5.12. The SMILES string of the molecule is CN(C(=O)C(C)(C)C)C1CCN(Cc2nnc3n2CCC3)CC1. The van der Waals surface area contributed by atoms with Gasteiger partial charge in [0, 0.05) is 44.6 Å². The first kappa shape index (κ1) is 16.4. The summed E-state index contributed by atoms with van der Waals surface area (Å²) in [6.45, 7) is 9.98. The van der Waals surface area contributed by atoms with Gasteiger partial charge >= 0.3 is 0 Å². The van der Waals surface area contributed by atoms with Crippen molar-refractivity contribution in [2.45, 2.75) is 65.6 Å². The fourth-order valence-corrected chi connectivity index (χ4v) is 3.69. The van der Waals surface area contributed by atoms with Gasteiger partial charge in [-0.3, -0.25) is 9.69 Å². The average Bonchev–Trinajstić information content (AvgIpc) is 3.11. The monoisotopic (exact) mass is 319 g/mol. The lowest BCUT2D eigenvalue weighted by molar-refractivity contribution is -0.141. The van der Waals surface area contributed by atoms with Crippen LogP contribution >= 0.6 is 0 Å². The molecule has 1 fully saturated rings. The number of likely N-dealkylation sites (tertiary alicyclic amines) is 1. The second kappa shape index (κ2) is 6.23. The smallest absolute Gasteiger partial charge is 0.227 e. The third-order valence-electron chi connectivity index (χ3n) is 5.12. The summed E-state index contributed by atoms with van der Waals surface area (Å²) in [5.41, 5.74) is -0.298. The Labute approximate surface area is 138 Å². The van der Waals surface area contributed by atoms with Crippen molar-refractivity contribution in [2.75, 3.05) is 20.1 Å². The van der Waals surface area contributed by atoms with Crippen LogP contribution in [-0.2, 0) is 24.3 Å². The highest BCUT2D eigenvalue weighted by Crippen LogP contribution is 2.23. The predicted octanol–water partition coefficient (Wildman–Crippen LogP) is 1.69. The number of nitrogens with zero attached hydrogens (tertiary/aromatic N) is 5. The highest BCUT2D eigenvalue weighted by atomic mass is 16.2. The second-order valence-electron chi connectivity index (χ2n) is 7.96. The maximum absolute atomic E-state index is 12.4. The Morgan fingerprint density at radius 1 is 1.22 bits per heavy atom. The zero-order valence-corrected chi connectivity index (χ0v) is 14.9. The summed E-state index contributed by atoms with van der Waals surface area (Å²) in [6, 6.07) is 0.363. The molecule has 6 nitrogen and oxygen atoms in total. The van der Waals surface area contributed by atoms with Gasteiger partial charge in [-0.15, -0.1) is 10.2 Å². The van der Waals surface area contributed by atoms with Crippen molar-refractivity contribution in [3.05, 3.63) is 11.6 Å². The van der Waals surface area contributed by atoms with Crippen LogP contribution in [0.1, 0.15) is 51.7 Å². The Kier molecular flexibility index (Phi) is 4.45. The highest BCUT2D eigenvalue weighted by molar-refractivity contribution is 5.81. The fourth-order valence-electron chi connectivity index (χ4n) is 3.69. The summed E-state index contributed by atoms with van der Waals surface area (Å²) < 4.78 is 2.28. The number of aryl methyl sites for hydroxylation is 1. The summed E-state index contributed by atoms with van der Waals surface area (Å²) >= 11 is 0. The van der Waals surface area contributed by atoms with Gasteiger partial charge in [-0.1, -0.05) is 20.8 Å². The first-order valence-electron chi connectivity index (χ1n) is 8.77. The van der Waals surface area contributed by atoms with Crippen LogP contribution in [0.5, 0.6) is 0 Å². The molecule has 1 amide bonds. The number of rotatable bonds is 3. The van der Waals surface area contributed by atoms with E-state index in [4.69, 9.17) is 0 Å². The van der Waals surface area contributed by atoms with Gasteiger partial charge in [0.05, 0.1) is 6.54 Å². The molecule has 1 aromatic rings. The van der Waals surface area contributed by atoms with Crippen molar-refractivity contribution in [1.29, 1.82) is 0 Å². The van der Waals surface area contributed by atoms with E-state index in [1.807, 2.05) is 32.7 Å². The number of amides is 1. The van der Waals surface area contributed by atoms with E-state index in [2.05, 4.69) is 19.7 Å². The van der Waals surface area contributed by atoms with E-state index in [0.29, 0.717) is 6.04 Å². The normalized spacial score (nSPS) is 19.8. The van der Waals surface area contributed by atoms with Gasteiger partial charge in [-0.2, -0.15) is 0 Å². The summed E-state index contributed by atoms with van der Waals surface area (Å²) in [4.78, 5) is 16.8. The number of fused-ring (bicyclic) bond motifs is 1. The number of carbonyl (C=O) groups excluding carboxylic acids is 1. The molecule has 6 heteroatoms. The fraction of sp³-hybridized carbons (Fsp3) is 0.824. The van der Waals surface area contributed by atoms with Crippen molar-refractivity contribution < 1.29 is 4.79 Å². The highest BCUT2D eigenvalue weighted by Gasteiger charge is 2.31. The van der Waals surface area contributed by atoms with Crippen LogP contribution in [0.25, 0.3) is 0 Å². The zero-order chi connectivity index (χ0) is 16.6. The molecule has 2 aliphatic rings. The lowest BCUT2D eigenvalue weighted by atomic mass is 9.92. The largest absolute Gasteiger partial charge is 0.342 e. The van der Waals surface area contributed by atoms with Crippen molar-refractivity contribution in [3.63, 3.8) is 0 Å². The van der Waals surface area contributed by atoms with Crippen LogP contribution in [0.2, 0.25) is 0 Å². The molecule has 1 aromatic heterocycles. The molecule has 2 aliphatic heterocycles. The summed E-state index contributed by atoms with van der Waals surface area (Å²) in [5, 5.41) is 8.64. The van der Waals surface area contributed by atoms with Gasteiger partial charge in [-0.05, 0) is 19.3 Å². The Balaban J connectivity index is 1.53. The molecule has 23 heavy (non-hydrogen) atoms. The average molecular weight is 319 g/mol. The van der Waals surface area contributed by atoms with Gasteiger partial charge in [-0.25, -0.2) is 0 Å². The Morgan fingerprint density at radius 3 is 2.57 bits per heavy atom. The van der Waals surface area contributed by atoms with E-state index in [0.717, 1.165) is 57.1 Å². The van der Waals surface area contributed by atoms with Gasteiger partial charge in [0.15, 0.2) is 0 Å². The van der Waals surface area contributed by atoms with Crippen LogP contribution in [0, 0.1) is 5.41 Å². The van der Waals surface area contributed by atoms with E-state index in [-0.39, 0.29) is 11.3 Å². The minimum atomic E-state index is -0.298. The third kappa shape index (κ3) is 3.42. The van der Waals surface area contributed by atoms with Gasteiger partial charge < -0.3 is 9.47 Å². The van der Waals surface area contributed by atoms with Crippen LogP contribution in [0.3, 0.4) is 0 Å². The van der Waals surface area contributed by atoms with E-state index >= 15 is 0 Å². The minimum Gasteiger partial charge on any atom is -0.342 e. The van der Waals surface area contributed by atoms with Crippen LogP contribution in [-0.4, -0.2) is 56.7 Å². The maximum Gasteiger partial charge on any atom is 0.227 e. The molecule has 0 atom stereocenters. The number of piperidine rings is 1. The lowest BCUT2D eigenvalue weighted by Gasteiger charge is -2.38. The van der Waals surface area contributed by atoms with Crippen molar-refractivity contribution in [3.8, 4) is 0 Å². The standard InChI is InChI=1S/C17H29N5O/c1-17(2,3)16(23)20(4)13-7-10-21(11-8-13)12-15-19-18-14-6-5-9-22(14)15/h13H,5-12H2,1-4H3. The number of carbonyl (C=O) groups is 1. The summed E-state index contributed by atoms with van der Waals surface area (Å²) in [5.74, 6) is 2.49. The van der Waals surface area contributed by atoms with Crippen molar-refractivity contribution >= 4 is 5.91 Å². The first-order chi connectivity index (χ1) is 10.9. The zero-order valence-electron chi connectivity index (χ0n) is 14.9. The van der Waals surface area contributed by atoms with Crippen LogP contribution < -0.4 is 0 Å². The van der Waals surface area contributed by atoms with Crippen molar-refractivity contribution in [2.24, 2.45) is 5.41 Å². The van der Waals surface area contributed by atoms with Gasteiger partial charge in [0.1, 0.15) is 11.6 Å². The molecule has 0 aliphatic carbocycles. The molecule has 0 unspecified atom stereocenters. The molecule has 128 valence electrons. The Morgan fingerprint density at radius 2 is 1.91 bits per heavy atom. The van der Waals surface area contributed by atoms with Crippen LogP contribution in [0.15, 0.2) is 0 Å². The quantitative estimate of drug-likeness (QED) is 0.851. The Hall–Kier alpha value is -1.43. The number of aromatic nitrogens is 3. The van der Waals surface area contributed by atoms with Gasteiger partial charge in [0.25, 0.3) is 0 Å². The minimum absolute atomic E-state index is 0.242. The molecular weight excluding hydrogens is 290 g/mol. The van der Waals surface area contributed by atoms with E-state index in [9.17, 15) is 4.79 Å². The number of hydrogen-bond donors (Lipinski definition) is 0. The molecule has 0 bridgehead atoms. The van der Waals surface area contributed by atoms with Crippen molar-refractivity contribution in [1.82, 2.24) is 24.6 Å². The molecule has 0 saturated carbocycles. The van der Waals surface area contributed by atoms with Crippen LogP contribution in [0.4, 0.5) is 0 Å². The summed E-state index contributed by atoms with van der Waals surface area (Å²) in [6.07, 6.45) is 4.34. The van der Waals surface area contributed by atoms with E-state index in [1.54, 1.807) is 0 Å². The molecule has 0 spiro atoms. The molecule has 3 rings (SSSR count). The first-order valence-corrected chi connectivity index (χ1v) is 8.77. The van der Waals surface area contributed by atoms with Gasteiger partial charge in [0.2, 0.25) is 5.91 Å². The molecule has 0 N–H and O–H groups in total. The maximum atomic E-state index is 12.4. The van der Waals surface area contributed by atoms with E-state index in [1.165, 1.54) is 6.42 Å². The Bertz CT molecular complexity index is 566. The molecular formula is C17H29N5O.